The predicted molar refractivity (Wildman–Crippen MR) is 89.6 cm³/mol. The molecule has 0 fully saturated rings. The minimum absolute atomic E-state index is 0.362. The summed E-state index contributed by atoms with van der Waals surface area (Å²) in [6.45, 7) is 0.957. The van der Waals surface area contributed by atoms with Crippen LogP contribution >= 0.6 is 11.3 Å². The lowest BCUT2D eigenvalue weighted by molar-refractivity contribution is 0.0991. The Balaban J connectivity index is 1.76. The lowest BCUT2D eigenvalue weighted by Crippen LogP contribution is -2.22. The summed E-state index contributed by atoms with van der Waals surface area (Å²) in [5.41, 5.74) is 7.20. The second-order valence-corrected chi connectivity index (χ2v) is 6.15. The van der Waals surface area contributed by atoms with Gasteiger partial charge in [0.05, 0.1) is 37.8 Å². The van der Waals surface area contributed by atoms with Crippen LogP contribution in [0.25, 0.3) is 0 Å². The predicted octanol–water partition coefficient (Wildman–Crippen LogP) is 1.97. The highest BCUT2D eigenvalue weighted by Gasteiger charge is 2.25. The van der Waals surface area contributed by atoms with Crippen molar-refractivity contribution in [2.75, 3.05) is 24.4 Å². The minimum Gasteiger partial charge on any atom is -0.481 e. The number of nitrogens with one attached hydrogen (secondary N) is 2. The van der Waals surface area contributed by atoms with Crippen LogP contribution < -0.4 is 21.1 Å². The van der Waals surface area contributed by atoms with Crippen molar-refractivity contribution < 1.29 is 19.1 Å². The highest BCUT2D eigenvalue weighted by atomic mass is 32.1. The van der Waals surface area contributed by atoms with Crippen molar-refractivity contribution in [2.45, 2.75) is 13.0 Å². The van der Waals surface area contributed by atoms with Crippen LogP contribution in [0.4, 0.5) is 15.5 Å². The third-order valence-electron chi connectivity index (χ3n) is 3.50. The zero-order chi connectivity index (χ0) is 17.1. The van der Waals surface area contributed by atoms with Crippen molar-refractivity contribution >= 4 is 34.0 Å². The summed E-state index contributed by atoms with van der Waals surface area (Å²) in [5.74, 6) is -0.112. The van der Waals surface area contributed by atoms with Gasteiger partial charge in [0.2, 0.25) is 5.88 Å². The van der Waals surface area contributed by atoms with Crippen molar-refractivity contribution in [3.8, 4) is 5.88 Å². The molecule has 0 atom stereocenters. The first-order valence-electron chi connectivity index (χ1n) is 7.18. The zero-order valence-corrected chi connectivity index (χ0v) is 13.7. The number of methoxy groups -OCH3 is 1. The highest BCUT2D eigenvalue weighted by molar-refractivity contribution is 7.17. The number of fused-ring (bicyclic) bond motifs is 1. The van der Waals surface area contributed by atoms with Gasteiger partial charge in [-0.1, -0.05) is 0 Å². The van der Waals surface area contributed by atoms with E-state index < -0.39 is 11.9 Å². The van der Waals surface area contributed by atoms with Gasteiger partial charge in [-0.3, -0.25) is 10.1 Å². The van der Waals surface area contributed by atoms with Gasteiger partial charge in [-0.15, -0.1) is 11.3 Å². The number of hydrogen-bond donors (Lipinski definition) is 3. The summed E-state index contributed by atoms with van der Waals surface area (Å²) in [4.78, 5) is 28.8. The van der Waals surface area contributed by atoms with Crippen LogP contribution in [0.5, 0.6) is 5.88 Å². The van der Waals surface area contributed by atoms with Crippen molar-refractivity contribution in [3.63, 3.8) is 0 Å². The topological polar surface area (TPSA) is 116 Å². The lowest BCUT2D eigenvalue weighted by Gasteiger charge is -2.12. The normalized spacial score (nSPS) is 13.0. The Kier molecular flexibility index (Phi) is 4.63. The summed E-state index contributed by atoms with van der Waals surface area (Å²) in [6.07, 6.45) is 2.08. The van der Waals surface area contributed by atoms with Crippen LogP contribution in [0.3, 0.4) is 0 Å². The Hall–Kier alpha value is -2.65. The smallest absolute Gasteiger partial charge is 0.324 e. The number of nitrogens with two attached hydrogens (primary N) is 1. The number of thiophene rings is 1. The molecule has 1 aliphatic heterocycles. The fourth-order valence-corrected chi connectivity index (χ4v) is 3.61. The van der Waals surface area contributed by atoms with E-state index in [2.05, 4.69) is 15.6 Å². The summed E-state index contributed by atoms with van der Waals surface area (Å²) in [5, 5.41) is 5.75. The first kappa shape index (κ1) is 16.2. The Labute approximate surface area is 142 Å². The number of anilines is 2. The molecule has 0 radical (unpaired) electrons. The van der Waals surface area contributed by atoms with Crippen molar-refractivity contribution in [1.29, 1.82) is 0 Å². The van der Waals surface area contributed by atoms with Crippen LogP contribution in [0, 0.1) is 0 Å². The molecule has 1 aliphatic rings. The number of aromatic nitrogens is 1. The molecule has 0 aromatic carbocycles. The maximum absolute atomic E-state index is 12.2. The Morgan fingerprint density at radius 1 is 1.38 bits per heavy atom. The van der Waals surface area contributed by atoms with Crippen molar-refractivity contribution in [2.24, 2.45) is 5.73 Å². The molecule has 126 valence electrons. The van der Waals surface area contributed by atoms with E-state index in [1.807, 2.05) is 0 Å². The minimum atomic E-state index is -0.559. The number of nitrogens with zero attached hydrogens (tertiary/aromatic N) is 1. The van der Waals surface area contributed by atoms with E-state index in [1.165, 1.54) is 24.6 Å². The molecule has 0 aliphatic carbocycles. The number of urea groups is 1. The van der Waals surface area contributed by atoms with Gasteiger partial charge in [-0.25, -0.2) is 9.78 Å². The number of primary amides is 1. The quantitative estimate of drug-likeness (QED) is 0.781. The number of carbonyl (C=O) groups excluding carboxylic acids is 2. The monoisotopic (exact) mass is 348 g/mol. The average molecular weight is 348 g/mol. The van der Waals surface area contributed by atoms with E-state index in [4.69, 9.17) is 15.2 Å². The second kappa shape index (κ2) is 6.85. The van der Waals surface area contributed by atoms with Crippen LogP contribution in [0.15, 0.2) is 18.3 Å². The van der Waals surface area contributed by atoms with Gasteiger partial charge < -0.3 is 20.5 Å². The van der Waals surface area contributed by atoms with Crippen LogP contribution in [0.2, 0.25) is 0 Å². The molecule has 0 bridgehead atoms. The first-order chi connectivity index (χ1) is 11.6. The van der Waals surface area contributed by atoms with E-state index in [0.717, 1.165) is 10.4 Å². The summed E-state index contributed by atoms with van der Waals surface area (Å²) in [6, 6.07) is 2.81. The Morgan fingerprint density at radius 3 is 2.88 bits per heavy atom. The largest absolute Gasteiger partial charge is 0.481 e. The summed E-state index contributed by atoms with van der Waals surface area (Å²) in [7, 11) is 1.51. The van der Waals surface area contributed by atoms with Gasteiger partial charge in [0.25, 0.3) is 5.91 Å². The molecule has 9 heteroatoms. The number of amides is 3. The second-order valence-electron chi connectivity index (χ2n) is 5.04. The van der Waals surface area contributed by atoms with Crippen molar-refractivity contribution in [3.05, 3.63) is 34.3 Å². The van der Waals surface area contributed by atoms with Gasteiger partial charge in [0.15, 0.2) is 0 Å². The molecule has 24 heavy (non-hydrogen) atoms. The number of rotatable bonds is 4. The van der Waals surface area contributed by atoms with Gasteiger partial charge in [0.1, 0.15) is 5.00 Å². The number of hydrogen-bond acceptors (Lipinski definition) is 6. The van der Waals surface area contributed by atoms with E-state index in [0.29, 0.717) is 41.8 Å². The molecule has 0 saturated carbocycles. The van der Waals surface area contributed by atoms with E-state index in [9.17, 15) is 9.59 Å². The van der Waals surface area contributed by atoms with Gasteiger partial charge in [-0.05, 0) is 18.1 Å². The third kappa shape index (κ3) is 3.31. The van der Waals surface area contributed by atoms with Gasteiger partial charge in [0, 0.05) is 10.9 Å². The number of ether oxygens (including phenoxy) is 2. The standard InChI is InChI=1S/C15H16N4O4S/c1-22-11-3-2-8(6-17-11)18-15(21)19-14-12(13(16)20)9-4-5-23-7-10(9)24-14/h2-3,6H,4-5,7H2,1H3,(H2,16,20)(H2,18,19,21). The molecule has 8 nitrogen and oxygen atoms in total. The average Bonchev–Trinajstić information content (AvgIpc) is 2.93. The van der Waals surface area contributed by atoms with Crippen molar-refractivity contribution in [1.82, 2.24) is 4.98 Å². The molecule has 0 spiro atoms. The fourth-order valence-electron chi connectivity index (χ4n) is 2.42. The SMILES string of the molecule is COc1ccc(NC(=O)Nc2sc3c(c2C(N)=O)CCOC3)cn1. The lowest BCUT2D eigenvalue weighted by atomic mass is 10.1. The molecule has 3 rings (SSSR count). The fraction of sp³-hybridized carbons (Fsp3) is 0.267. The first-order valence-corrected chi connectivity index (χ1v) is 8.00. The molecule has 0 saturated heterocycles. The van der Waals surface area contributed by atoms with Gasteiger partial charge >= 0.3 is 6.03 Å². The molecule has 0 unspecified atom stereocenters. The van der Waals surface area contributed by atoms with Gasteiger partial charge in [-0.2, -0.15) is 0 Å². The Morgan fingerprint density at radius 2 is 2.21 bits per heavy atom. The number of carbonyl (C=O) groups is 2. The van der Waals surface area contributed by atoms with E-state index >= 15 is 0 Å². The maximum atomic E-state index is 12.2. The highest BCUT2D eigenvalue weighted by Crippen LogP contribution is 2.36. The third-order valence-corrected chi connectivity index (χ3v) is 4.62. The summed E-state index contributed by atoms with van der Waals surface area (Å²) < 4.78 is 10.3. The molecule has 4 N–H and O–H groups in total. The van der Waals surface area contributed by atoms with Crippen LogP contribution in [-0.2, 0) is 17.8 Å². The zero-order valence-electron chi connectivity index (χ0n) is 12.9. The molecular weight excluding hydrogens is 332 g/mol. The summed E-state index contributed by atoms with van der Waals surface area (Å²) >= 11 is 1.30. The maximum Gasteiger partial charge on any atom is 0.324 e. The van der Waals surface area contributed by atoms with Crippen LogP contribution in [0.1, 0.15) is 20.8 Å². The molecule has 3 heterocycles. The molecule has 2 aromatic rings. The van der Waals surface area contributed by atoms with E-state index in [-0.39, 0.29) is 0 Å². The van der Waals surface area contributed by atoms with Crippen LogP contribution in [-0.4, -0.2) is 30.6 Å². The Bertz CT molecular complexity index is 773. The van der Waals surface area contributed by atoms with E-state index in [1.54, 1.807) is 12.1 Å². The molecule has 2 aromatic heterocycles. The molecule has 3 amide bonds. The number of pyridine rings is 1. The molecular formula is C15H16N4O4S.